The first-order chi connectivity index (χ1) is 3.06. The molecule has 0 saturated heterocycles. The number of hydrogen-bond acceptors (Lipinski definition) is 1. The van der Waals surface area contributed by atoms with Gasteiger partial charge in [0.1, 0.15) is 6.54 Å². The Morgan fingerprint density at radius 3 is 1.40 bits per heavy atom. The monoisotopic (exact) mass is 181 g/mol. The summed E-state index contributed by atoms with van der Waals surface area (Å²) in [6.07, 6.45) is 0. The Morgan fingerprint density at radius 2 is 1.40 bits per heavy atom. The van der Waals surface area contributed by atoms with Crippen LogP contribution in [0.3, 0.4) is 0 Å². The largest absolute Gasteiger partial charge is 1.00 e. The molecule has 0 aliphatic rings. The van der Waals surface area contributed by atoms with Gasteiger partial charge in [0, 0.05) is 0 Å². The van der Waals surface area contributed by atoms with Crippen molar-refractivity contribution in [3.8, 4) is 0 Å². The second kappa shape index (κ2) is 10.1. The molecule has 0 aliphatic heterocycles. The van der Waals surface area contributed by atoms with Gasteiger partial charge in [-0.3, -0.25) is 0 Å². The predicted octanol–water partition coefficient (Wildman–Crippen LogP) is -9.30. The molecule has 0 radical (unpaired) electrons. The smallest absolute Gasteiger partial charge is 1.00 e. The summed E-state index contributed by atoms with van der Waals surface area (Å²) in [5, 5.41) is 8.39. The van der Waals surface area contributed by atoms with Gasteiger partial charge >= 0.3 is 18.9 Å². The van der Waals surface area contributed by atoms with Crippen molar-refractivity contribution in [3.05, 3.63) is 0 Å². The second-order valence-electron chi connectivity index (χ2n) is 2.74. The van der Waals surface area contributed by atoms with Gasteiger partial charge in [-0.05, 0) is 0 Å². The Kier molecular flexibility index (Phi) is 22.7. The Balaban J connectivity index is -0.0000000600. The van der Waals surface area contributed by atoms with E-state index in [9.17, 15) is 0 Å². The number of likely N-dealkylation sites (N-methyl/N-ethyl adjacent to an activating group) is 1. The van der Waals surface area contributed by atoms with Crippen LogP contribution in [0.4, 0.5) is 0 Å². The molecule has 0 amide bonds. The molecule has 1 N–H and O–H groups in total. The summed E-state index contributed by atoms with van der Waals surface area (Å²) >= 11 is 0. The van der Waals surface area contributed by atoms with Crippen LogP contribution in [0.15, 0.2) is 0 Å². The van der Waals surface area contributed by atoms with Crippen LogP contribution in [-0.4, -0.2) is 43.9 Å². The Hall–Kier alpha value is 1.10. The van der Waals surface area contributed by atoms with Crippen molar-refractivity contribution < 1.29 is 53.3 Å². The van der Waals surface area contributed by atoms with Crippen LogP contribution < -0.4 is 43.7 Å². The van der Waals surface area contributed by atoms with Crippen molar-refractivity contribution >= 4 is 0 Å². The van der Waals surface area contributed by atoms with Gasteiger partial charge in [-0.1, -0.05) is 0 Å². The summed E-state index contributed by atoms with van der Waals surface area (Å²) < 4.78 is 0.844. The molecule has 0 fully saturated rings. The van der Waals surface area contributed by atoms with Crippen molar-refractivity contribution in [3.63, 3.8) is 0 Å². The van der Waals surface area contributed by atoms with Crippen molar-refractivity contribution in [2.45, 2.75) is 0 Å². The number of rotatable bonds is 2. The van der Waals surface area contributed by atoms with Crippen molar-refractivity contribution in [2.75, 3.05) is 34.3 Å². The zero-order chi connectivity index (χ0) is 5.91. The maximum absolute atomic E-state index is 8.39. The molecule has 10 heavy (non-hydrogen) atoms. The fourth-order valence-corrected chi connectivity index (χ4v) is 0.300. The molecule has 0 saturated carbocycles. The maximum Gasteiger partial charge on any atom is 1.00 e. The van der Waals surface area contributed by atoms with Crippen molar-refractivity contribution in [1.82, 2.24) is 0 Å². The molecular formula is C5H14Cl2LiNO. The van der Waals surface area contributed by atoms with E-state index in [-0.39, 0.29) is 50.3 Å². The first kappa shape index (κ1) is 22.5. The minimum Gasteiger partial charge on any atom is -1.00 e. The van der Waals surface area contributed by atoms with Crippen LogP contribution >= 0.6 is 0 Å². The standard InChI is InChI=1S/C5H14NO.2ClH.Li/c1-6(2,3)4-5-7;;;/h7H,4-5H2,1-3H3;2*1H;/q+1;;;+1/p-2. The van der Waals surface area contributed by atoms with E-state index in [4.69, 9.17) is 5.11 Å². The molecule has 60 valence electrons. The van der Waals surface area contributed by atoms with E-state index in [1.807, 2.05) is 0 Å². The first-order valence-electron chi connectivity index (χ1n) is 2.47. The van der Waals surface area contributed by atoms with Crippen molar-refractivity contribution in [1.29, 1.82) is 0 Å². The predicted molar refractivity (Wildman–Crippen MR) is 30.0 cm³/mol. The number of aliphatic hydroxyl groups excluding tert-OH is 1. The molecular weight excluding hydrogens is 168 g/mol. The Labute approximate surface area is 87.6 Å². The molecule has 5 heteroatoms. The molecule has 0 rings (SSSR count). The molecule has 2 nitrogen and oxygen atoms in total. The fourth-order valence-electron chi connectivity index (χ4n) is 0.300. The van der Waals surface area contributed by atoms with E-state index >= 15 is 0 Å². The van der Waals surface area contributed by atoms with E-state index < -0.39 is 0 Å². The second-order valence-corrected chi connectivity index (χ2v) is 2.74. The van der Waals surface area contributed by atoms with E-state index in [1.54, 1.807) is 0 Å². The third-order valence-electron chi connectivity index (χ3n) is 0.771. The van der Waals surface area contributed by atoms with E-state index in [1.165, 1.54) is 0 Å². The van der Waals surface area contributed by atoms with Gasteiger partial charge in [-0.25, -0.2) is 0 Å². The van der Waals surface area contributed by atoms with Crippen LogP contribution in [0.2, 0.25) is 0 Å². The van der Waals surface area contributed by atoms with Gasteiger partial charge in [0.2, 0.25) is 0 Å². The maximum atomic E-state index is 8.39. The van der Waals surface area contributed by atoms with Crippen LogP contribution in [-0.2, 0) is 0 Å². The third-order valence-corrected chi connectivity index (χ3v) is 0.771. The summed E-state index contributed by atoms with van der Waals surface area (Å²) in [6.45, 7) is 1.11. The Morgan fingerprint density at radius 1 is 1.10 bits per heavy atom. The molecule has 0 aromatic rings. The zero-order valence-electron chi connectivity index (χ0n) is 7.06. The van der Waals surface area contributed by atoms with E-state index in [0.717, 1.165) is 11.0 Å². The molecule has 0 unspecified atom stereocenters. The van der Waals surface area contributed by atoms with Gasteiger partial charge < -0.3 is 34.4 Å². The van der Waals surface area contributed by atoms with Gasteiger partial charge in [0.15, 0.2) is 0 Å². The number of nitrogens with zero attached hydrogens (tertiary/aromatic N) is 1. The molecule has 0 atom stereocenters. The summed E-state index contributed by atoms with van der Waals surface area (Å²) in [4.78, 5) is 0. The zero-order valence-corrected chi connectivity index (χ0v) is 8.58. The fraction of sp³-hybridized carbons (Fsp3) is 1.00. The van der Waals surface area contributed by atoms with Crippen LogP contribution in [0, 0.1) is 0 Å². The molecule has 0 aromatic heterocycles. The molecule has 0 heterocycles. The molecule has 0 bridgehead atoms. The molecule has 0 spiro atoms. The van der Waals surface area contributed by atoms with E-state index in [2.05, 4.69) is 21.1 Å². The molecule has 0 aliphatic carbocycles. The number of halogens is 2. The van der Waals surface area contributed by atoms with Gasteiger partial charge in [-0.2, -0.15) is 0 Å². The summed E-state index contributed by atoms with van der Waals surface area (Å²) in [5.41, 5.74) is 0. The number of quaternary nitrogens is 1. The summed E-state index contributed by atoms with van der Waals surface area (Å²) in [6, 6.07) is 0. The topological polar surface area (TPSA) is 20.2 Å². The number of aliphatic hydroxyl groups is 1. The average Bonchev–Trinajstić information content (AvgIpc) is 1.30. The van der Waals surface area contributed by atoms with E-state index in [0.29, 0.717) is 0 Å². The van der Waals surface area contributed by atoms with Crippen LogP contribution in [0.25, 0.3) is 0 Å². The first-order valence-corrected chi connectivity index (χ1v) is 2.47. The number of hydrogen-bond donors (Lipinski definition) is 1. The SMILES string of the molecule is C[N+](C)(C)CCO.[Cl-].[Cl-].[Li+]. The van der Waals surface area contributed by atoms with Crippen LogP contribution in [0.1, 0.15) is 0 Å². The van der Waals surface area contributed by atoms with Crippen LogP contribution in [0.5, 0.6) is 0 Å². The van der Waals surface area contributed by atoms with Gasteiger partial charge in [0.25, 0.3) is 0 Å². The quantitative estimate of drug-likeness (QED) is 0.332. The third kappa shape index (κ3) is 23.0. The Bertz CT molecular complexity index is 58.1. The normalized spacial score (nSPS) is 8.40. The minimum absolute atomic E-state index is 0. The summed E-state index contributed by atoms with van der Waals surface area (Å²) in [7, 11) is 6.16. The summed E-state index contributed by atoms with van der Waals surface area (Å²) in [5.74, 6) is 0. The average molecular weight is 182 g/mol. The minimum atomic E-state index is 0. The van der Waals surface area contributed by atoms with Gasteiger partial charge in [-0.15, -0.1) is 0 Å². The van der Waals surface area contributed by atoms with Crippen molar-refractivity contribution in [2.24, 2.45) is 0 Å². The molecule has 0 aromatic carbocycles. The van der Waals surface area contributed by atoms with Gasteiger partial charge in [0.05, 0.1) is 27.7 Å².